The molecule has 0 aliphatic carbocycles. The molecular formula is C25H46ClN6O6+. The first kappa shape index (κ1) is 35.3. The van der Waals surface area contributed by atoms with Crippen LogP contribution in [0.3, 0.4) is 0 Å². The molecule has 0 aliphatic rings. The van der Waals surface area contributed by atoms with Gasteiger partial charge in [-0.15, -0.1) is 0 Å². The SMILES string of the molecule is CC(C)(C)OC(=O)[C@H](CCCC[NH3+])NC(=O)c1nc[nH]c1C(=O)N[C@@H](CCCC[NH3+])C(=O)OC(C)(C)C.[Cl-]. The summed E-state index contributed by atoms with van der Waals surface area (Å²) in [5.74, 6) is -2.52. The molecule has 0 unspecified atom stereocenters. The first-order chi connectivity index (χ1) is 17.2. The number of nitrogens with one attached hydrogen (secondary N) is 3. The second-order valence-corrected chi connectivity index (χ2v) is 10.9. The van der Waals surface area contributed by atoms with Crippen molar-refractivity contribution >= 4 is 23.8 Å². The number of halogens is 1. The highest BCUT2D eigenvalue weighted by molar-refractivity contribution is 6.06. The third-order valence-corrected chi connectivity index (χ3v) is 5.06. The van der Waals surface area contributed by atoms with E-state index in [0.29, 0.717) is 38.8 Å². The Balaban J connectivity index is 0.0000137. The van der Waals surface area contributed by atoms with Gasteiger partial charge in [0.25, 0.3) is 11.8 Å². The smallest absolute Gasteiger partial charge is 0.329 e. The molecule has 38 heavy (non-hydrogen) atoms. The Labute approximate surface area is 231 Å². The van der Waals surface area contributed by atoms with E-state index in [0.717, 1.165) is 12.8 Å². The number of rotatable bonds is 14. The van der Waals surface area contributed by atoms with Crippen LogP contribution in [0, 0.1) is 0 Å². The van der Waals surface area contributed by atoms with E-state index in [2.05, 4.69) is 32.1 Å². The molecule has 1 heterocycles. The maximum atomic E-state index is 13.1. The minimum atomic E-state index is -0.914. The molecule has 0 aliphatic heterocycles. The summed E-state index contributed by atoms with van der Waals surface area (Å²) in [6.07, 6.45) is 4.81. The molecule has 0 fully saturated rings. The van der Waals surface area contributed by atoms with Crippen LogP contribution in [0.25, 0.3) is 0 Å². The molecule has 13 heteroatoms. The van der Waals surface area contributed by atoms with Crippen LogP contribution in [0.4, 0.5) is 0 Å². The van der Waals surface area contributed by atoms with Gasteiger partial charge >= 0.3 is 11.9 Å². The number of imidazole rings is 1. The van der Waals surface area contributed by atoms with Crippen molar-refractivity contribution in [2.45, 2.75) is 103 Å². The Morgan fingerprint density at radius 1 is 0.816 bits per heavy atom. The second kappa shape index (κ2) is 16.3. The van der Waals surface area contributed by atoms with Crippen LogP contribution in [-0.4, -0.2) is 70.1 Å². The number of carbonyl (C=O) groups is 4. The maximum Gasteiger partial charge on any atom is 0.329 e. The first-order valence-electron chi connectivity index (χ1n) is 12.9. The Bertz CT molecular complexity index is 838. The number of aromatic nitrogens is 2. The Kier molecular flexibility index (Phi) is 15.1. The molecule has 2 atom stereocenters. The van der Waals surface area contributed by atoms with Crippen molar-refractivity contribution < 1.29 is 52.5 Å². The van der Waals surface area contributed by atoms with Crippen LogP contribution in [0.15, 0.2) is 6.33 Å². The highest BCUT2D eigenvalue weighted by atomic mass is 35.5. The van der Waals surface area contributed by atoms with Gasteiger partial charge in [-0.2, -0.15) is 0 Å². The van der Waals surface area contributed by atoms with Crippen molar-refractivity contribution in [3.05, 3.63) is 17.7 Å². The molecule has 218 valence electrons. The molecule has 0 aromatic carbocycles. The van der Waals surface area contributed by atoms with Gasteiger partial charge in [-0.05, 0) is 80.1 Å². The standard InChI is InChI=1S/C25H44N6O6.ClH/c1-24(2,3)36-22(34)16(11-7-9-13-26)30-20(32)18-19(29-15-28-18)21(33)31-17(12-8-10-14-27)23(35)37-25(4,5)6;/h15-17H,7-14,26-27H2,1-6H3,(H,28,29)(H,30,32)(H,31,33);1H/p+1/t16-,17-;/m0./s1. The largest absolute Gasteiger partial charge is 1.00 e. The summed E-state index contributed by atoms with van der Waals surface area (Å²) in [6.45, 7) is 11.9. The van der Waals surface area contributed by atoms with Crippen LogP contribution in [0.5, 0.6) is 0 Å². The number of H-pyrrole nitrogens is 1. The number of nitrogens with zero attached hydrogens (tertiary/aromatic N) is 1. The van der Waals surface area contributed by atoms with Crippen molar-refractivity contribution in [1.82, 2.24) is 20.6 Å². The summed E-state index contributed by atoms with van der Waals surface area (Å²) < 4.78 is 10.9. The van der Waals surface area contributed by atoms with Gasteiger partial charge in [0.1, 0.15) is 29.0 Å². The van der Waals surface area contributed by atoms with Crippen LogP contribution in [0.1, 0.15) is 101 Å². The van der Waals surface area contributed by atoms with E-state index in [4.69, 9.17) is 9.47 Å². The third kappa shape index (κ3) is 13.2. The summed E-state index contributed by atoms with van der Waals surface area (Å²) in [7, 11) is 0. The summed E-state index contributed by atoms with van der Waals surface area (Å²) in [5, 5.41) is 5.31. The van der Waals surface area contributed by atoms with Gasteiger partial charge in [-0.1, -0.05) is 0 Å². The zero-order valence-corrected chi connectivity index (χ0v) is 24.3. The van der Waals surface area contributed by atoms with Crippen molar-refractivity contribution in [1.29, 1.82) is 0 Å². The number of carbonyl (C=O) groups excluding carboxylic acids is 4. The van der Waals surface area contributed by atoms with E-state index in [1.54, 1.807) is 41.5 Å². The van der Waals surface area contributed by atoms with Gasteiger partial charge in [0, 0.05) is 0 Å². The molecule has 9 N–H and O–H groups in total. The Hall–Kier alpha value is -2.70. The van der Waals surface area contributed by atoms with Crippen LogP contribution >= 0.6 is 0 Å². The number of amides is 2. The topological polar surface area (TPSA) is 195 Å². The lowest BCUT2D eigenvalue weighted by atomic mass is 10.1. The first-order valence-corrected chi connectivity index (χ1v) is 12.9. The molecule has 12 nitrogen and oxygen atoms in total. The molecule has 0 saturated carbocycles. The third-order valence-electron chi connectivity index (χ3n) is 5.06. The zero-order chi connectivity index (χ0) is 28.2. The normalized spacial score (nSPS) is 13.1. The quantitative estimate of drug-likeness (QED) is 0.119. The molecular weight excluding hydrogens is 516 g/mol. The lowest BCUT2D eigenvalue weighted by Gasteiger charge is -2.25. The van der Waals surface area contributed by atoms with E-state index in [1.165, 1.54) is 6.33 Å². The highest BCUT2D eigenvalue weighted by Gasteiger charge is 2.31. The van der Waals surface area contributed by atoms with Crippen molar-refractivity contribution in [3.63, 3.8) is 0 Å². The molecule has 1 rings (SSSR count). The van der Waals surface area contributed by atoms with Crippen molar-refractivity contribution in [3.8, 4) is 0 Å². The number of unbranched alkanes of at least 4 members (excludes halogenated alkanes) is 2. The molecule has 0 saturated heterocycles. The fraction of sp³-hybridized carbons (Fsp3) is 0.720. The predicted octanol–water partition coefficient (Wildman–Crippen LogP) is -2.88. The lowest BCUT2D eigenvalue weighted by Crippen LogP contribution is -3.00. The van der Waals surface area contributed by atoms with Crippen LogP contribution in [0.2, 0.25) is 0 Å². The molecule has 0 radical (unpaired) electrons. The Morgan fingerprint density at radius 3 is 1.63 bits per heavy atom. The molecule has 1 aromatic heterocycles. The molecule has 2 amide bonds. The average molecular weight is 562 g/mol. The fourth-order valence-electron chi connectivity index (χ4n) is 3.39. The van der Waals surface area contributed by atoms with Gasteiger partial charge in [-0.3, -0.25) is 9.59 Å². The summed E-state index contributed by atoms with van der Waals surface area (Å²) in [6, 6.07) is -1.82. The minimum absolute atomic E-state index is 0. The number of aromatic amines is 1. The predicted molar refractivity (Wildman–Crippen MR) is 136 cm³/mol. The van der Waals surface area contributed by atoms with Crippen molar-refractivity contribution in [2.24, 2.45) is 0 Å². The van der Waals surface area contributed by atoms with Crippen LogP contribution < -0.4 is 34.5 Å². The van der Waals surface area contributed by atoms with E-state index in [9.17, 15) is 19.2 Å². The maximum absolute atomic E-state index is 13.1. The average Bonchev–Trinajstić information content (AvgIpc) is 3.25. The summed E-state index contributed by atoms with van der Waals surface area (Å²) in [4.78, 5) is 58.3. The number of esters is 2. The fourth-order valence-corrected chi connectivity index (χ4v) is 3.39. The minimum Gasteiger partial charge on any atom is -1.00 e. The molecule has 0 bridgehead atoms. The van der Waals surface area contributed by atoms with Gasteiger partial charge in [0.2, 0.25) is 0 Å². The monoisotopic (exact) mass is 561 g/mol. The molecule has 0 spiro atoms. The number of quaternary nitrogens is 2. The number of hydrogen-bond donors (Lipinski definition) is 5. The second-order valence-electron chi connectivity index (χ2n) is 10.9. The molecule has 1 aromatic rings. The Morgan fingerprint density at radius 2 is 1.24 bits per heavy atom. The highest BCUT2D eigenvalue weighted by Crippen LogP contribution is 2.14. The van der Waals surface area contributed by atoms with Gasteiger partial charge in [0.15, 0.2) is 5.69 Å². The van der Waals surface area contributed by atoms with Gasteiger partial charge in [-0.25, -0.2) is 14.6 Å². The van der Waals surface area contributed by atoms with E-state index in [1.807, 2.05) is 0 Å². The number of ether oxygens (including phenoxy) is 2. The number of hydrogen-bond acceptors (Lipinski definition) is 7. The van der Waals surface area contributed by atoms with Crippen LogP contribution in [-0.2, 0) is 19.1 Å². The summed E-state index contributed by atoms with van der Waals surface area (Å²) >= 11 is 0. The van der Waals surface area contributed by atoms with Gasteiger partial charge < -0.3 is 49.0 Å². The van der Waals surface area contributed by atoms with E-state index in [-0.39, 0.29) is 23.8 Å². The lowest BCUT2D eigenvalue weighted by molar-refractivity contribution is -0.368. The zero-order valence-electron chi connectivity index (χ0n) is 23.6. The van der Waals surface area contributed by atoms with E-state index >= 15 is 0 Å². The van der Waals surface area contributed by atoms with E-state index < -0.39 is 47.0 Å². The van der Waals surface area contributed by atoms with Crippen molar-refractivity contribution in [2.75, 3.05) is 13.1 Å². The van der Waals surface area contributed by atoms with Gasteiger partial charge in [0.05, 0.1) is 19.4 Å². The summed E-state index contributed by atoms with van der Waals surface area (Å²) in [5.41, 5.74) is 5.83.